The molecule has 0 saturated heterocycles. The Morgan fingerprint density at radius 1 is 1.25 bits per heavy atom. The van der Waals surface area contributed by atoms with Crippen molar-refractivity contribution in [1.82, 2.24) is 9.97 Å². The molecule has 0 aliphatic rings. The van der Waals surface area contributed by atoms with Crippen molar-refractivity contribution in [2.24, 2.45) is 0 Å². The lowest BCUT2D eigenvalue weighted by molar-refractivity contribution is 1.12. The molecule has 0 spiro atoms. The molecule has 0 aliphatic carbocycles. The summed E-state index contributed by atoms with van der Waals surface area (Å²) in [4.78, 5) is 18.1. The Morgan fingerprint density at radius 3 is 2.44 bits per heavy atom. The van der Waals surface area contributed by atoms with Crippen molar-refractivity contribution in [3.05, 3.63) is 50.3 Å². The molecule has 2 rings (SSSR count). The molecule has 4 heteroatoms. The smallest absolute Gasteiger partial charge is 0.251 e. The Bertz CT molecular complexity index is 567. The van der Waals surface area contributed by atoms with E-state index in [9.17, 15) is 4.79 Å². The van der Waals surface area contributed by atoms with Crippen molar-refractivity contribution >= 4 is 15.9 Å². The molecule has 2 aromatic rings. The highest BCUT2D eigenvalue weighted by Crippen LogP contribution is 2.26. The van der Waals surface area contributed by atoms with E-state index in [4.69, 9.17) is 0 Å². The molecule has 82 valence electrons. The van der Waals surface area contributed by atoms with Crippen molar-refractivity contribution in [3.8, 4) is 11.4 Å². The molecule has 1 aromatic heterocycles. The van der Waals surface area contributed by atoms with Crippen LogP contribution in [0.3, 0.4) is 0 Å². The van der Waals surface area contributed by atoms with Gasteiger partial charge in [-0.15, -0.1) is 0 Å². The maximum Gasteiger partial charge on any atom is 0.251 e. The second kappa shape index (κ2) is 4.22. The molecule has 16 heavy (non-hydrogen) atoms. The summed E-state index contributed by atoms with van der Waals surface area (Å²) in [6, 6.07) is 5.40. The van der Waals surface area contributed by atoms with Crippen LogP contribution in [-0.2, 0) is 0 Å². The van der Waals surface area contributed by atoms with Gasteiger partial charge >= 0.3 is 0 Å². The van der Waals surface area contributed by atoms with E-state index in [1.54, 1.807) is 0 Å². The van der Waals surface area contributed by atoms with Gasteiger partial charge in [-0.05, 0) is 37.1 Å². The maximum atomic E-state index is 11.2. The van der Waals surface area contributed by atoms with Crippen LogP contribution < -0.4 is 5.56 Å². The normalized spacial score (nSPS) is 10.4. The Kier molecular flexibility index (Phi) is 2.92. The van der Waals surface area contributed by atoms with Crippen LogP contribution in [-0.4, -0.2) is 9.97 Å². The van der Waals surface area contributed by atoms with Crippen LogP contribution in [0.1, 0.15) is 11.1 Å². The second-order valence-electron chi connectivity index (χ2n) is 3.71. The standard InChI is InChI=1S/C12H11BrN2O/c1-7-5-9(6-8(2)11(7)13)12-14-4-3-10(16)15-12/h3-6H,1-2H3,(H,14,15,16). The van der Waals surface area contributed by atoms with Crippen molar-refractivity contribution < 1.29 is 0 Å². The number of nitrogens with one attached hydrogen (secondary N) is 1. The van der Waals surface area contributed by atoms with Gasteiger partial charge in [-0.25, -0.2) is 4.98 Å². The monoisotopic (exact) mass is 278 g/mol. The molecule has 0 bridgehead atoms. The van der Waals surface area contributed by atoms with Crippen molar-refractivity contribution in [2.45, 2.75) is 13.8 Å². The van der Waals surface area contributed by atoms with E-state index in [-0.39, 0.29) is 5.56 Å². The first kappa shape index (κ1) is 11.1. The molecule has 1 heterocycles. The number of benzene rings is 1. The quantitative estimate of drug-likeness (QED) is 0.872. The van der Waals surface area contributed by atoms with E-state index < -0.39 is 0 Å². The third-order valence-corrected chi connectivity index (χ3v) is 3.63. The van der Waals surface area contributed by atoms with Gasteiger partial charge in [-0.1, -0.05) is 15.9 Å². The third kappa shape index (κ3) is 2.07. The maximum absolute atomic E-state index is 11.2. The fourth-order valence-electron chi connectivity index (χ4n) is 1.60. The Hall–Kier alpha value is -1.42. The summed E-state index contributed by atoms with van der Waals surface area (Å²) in [5.74, 6) is 0.603. The van der Waals surface area contributed by atoms with Crippen molar-refractivity contribution in [1.29, 1.82) is 0 Å². The zero-order valence-electron chi connectivity index (χ0n) is 9.04. The van der Waals surface area contributed by atoms with Gasteiger partial charge in [0.2, 0.25) is 0 Å². The highest BCUT2D eigenvalue weighted by atomic mass is 79.9. The molecule has 0 saturated carbocycles. The lowest BCUT2D eigenvalue weighted by atomic mass is 10.1. The number of aromatic amines is 1. The minimum Gasteiger partial charge on any atom is -0.307 e. The average Bonchev–Trinajstić information content (AvgIpc) is 2.25. The average molecular weight is 279 g/mol. The molecular weight excluding hydrogens is 268 g/mol. The van der Waals surface area contributed by atoms with Gasteiger partial charge in [0.1, 0.15) is 5.82 Å². The summed E-state index contributed by atoms with van der Waals surface area (Å²) in [7, 11) is 0. The van der Waals surface area contributed by atoms with E-state index in [0.29, 0.717) is 5.82 Å². The van der Waals surface area contributed by atoms with Crippen LogP contribution in [0, 0.1) is 13.8 Å². The fraction of sp³-hybridized carbons (Fsp3) is 0.167. The van der Waals surface area contributed by atoms with Gasteiger partial charge in [0.15, 0.2) is 0 Å². The summed E-state index contributed by atoms with van der Waals surface area (Å²) in [5.41, 5.74) is 3.04. The largest absolute Gasteiger partial charge is 0.307 e. The summed E-state index contributed by atoms with van der Waals surface area (Å²) in [5, 5.41) is 0. The Morgan fingerprint density at radius 2 is 1.88 bits per heavy atom. The van der Waals surface area contributed by atoms with Crippen molar-refractivity contribution in [2.75, 3.05) is 0 Å². The van der Waals surface area contributed by atoms with E-state index in [2.05, 4.69) is 25.9 Å². The zero-order valence-corrected chi connectivity index (χ0v) is 10.6. The molecule has 0 aliphatic heterocycles. The molecule has 1 N–H and O–H groups in total. The molecule has 0 amide bonds. The molecule has 0 unspecified atom stereocenters. The fourth-order valence-corrected chi connectivity index (χ4v) is 1.83. The summed E-state index contributed by atoms with van der Waals surface area (Å²) in [6.07, 6.45) is 1.51. The number of halogens is 1. The Labute approximate surface area is 102 Å². The number of nitrogens with zero attached hydrogens (tertiary/aromatic N) is 1. The molecular formula is C12H11BrN2O. The summed E-state index contributed by atoms with van der Waals surface area (Å²) < 4.78 is 1.09. The van der Waals surface area contributed by atoms with Crippen LogP contribution in [0.25, 0.3) is 11.4 Å². The van der Waals surface area contributed by atoms with E-state index in [1.807, 2.05) is 26.0 Å². The van der Waals surface area contributed by atoms with Crippen LogP contribution in [0.2, 0.25) is 0 Å². The number of hydrogen-bond donors (Lipinski definition) is 1. The van der Waals surface area contributed by atoms with Gasteiger partial charge < -0.3 is 4.98 Å². The number of rotatable bonds is 1. The first-order chi connectivity index (χ1) is 7.58. The number of aromatic nitrogens is 2. The predicted molar refractivity (Wildman–Crippen MR) is 67.5 cm³/mol. The van der Waals surface area contributed by atoms with E-state index in [1.165, 1.54) is 12.3 Å². The molecule has 3 nitrogen and oxygen atoms in total. The van der Waals surface area contributed by atoms with E-state index >= 15 is 0 Å². The van der Waals surface area contributed by atoms with Gasteiger partial charge in [0.05, 0.1) is 0 Å². The molecule has 0 radical (unpaired) electrons. The highest BCUT2D eigenvalue weighted by Gasteiger charge is 2.05. The SMILES string of the molecule is Cc1cc(-c2nccc(=O)[nH]2)cc(C)c1Br. The molecule has 1 aromatic carbocycles. The van der Waals surface area contributed by atoms with Gasteiger partial charge in [0, 0.05) is 22.3 Å². The Balaban J connectivity index is 2.61. The van der Waals surface area contributed by atoms with Gasteiger partial charge in [-0.3, -0.25) is 4.79 Å². The van der Waals surface area contributed by atoms with E-state index in [0.717, 1.165) is 21.2 Å². The number of H-pyrrole nitrogens is 1. The lowest BCUT2D eigenvalue weighted by Crippen LogP contribution is -2.06. The minimum absolute atomic E-state index is 0.136. The third-order valence-electron chi connectivity index (χ3n) is 2.38. The van der Waals surface area contributed by atoms with Gasteiger partial charge in [-0.2, -0.15) is 0 Å². The first-order valence-corrected chi connectivity index (χ1v) is 5.69. The van der Waals surface area contributed by atoms with Crippen LogP contribution in [0.5, 0.6) is 0 Å². The van der Waals surface area contributed by atoms with Crippen LogP contribution >= 0.6 is 15.9 Å². The lowest BCUT2D eigenvalue weighted by Gasteiger charge is -2.06. The number of aryl methyl sites for hydroxylation is 2. The highest BCUT2D eigenvalue weighted by molar-refractivity contribution is 9.10. The van der Waals surface area contributed by atoms with Crippen LogP contribution in [0.4, 0.5) is 0 Å². The predicted octanol–water partition coefficient (Wildman–Crippen LogP) is 2.82. The summed E-state index contributed by atoms with van der Waals surface area (Å²) in [6.45, 7) is 4.03. The molecule has 0 atom stereocenters. The molecule has 0 fully saturated rings. The topological polar surface area (TPSA) is 45.8 Å². The van der Waals surface area contributed by atoms with Crippen molar-refractivity contribution in [3.63, 3.8) is 0 Å². The van der Waals surface area contributed by atoms with Gasteiger partial charge in [0.25, 0.3) is 5.56 Å². The zero-order chi connectivity index (χ0) is 11.7. The first-order valence-electron chi connectivity index (χ1n) is 4.90. The second-order valence-corrected chi connectivity index (χ2v) is 4.50. The summed E-state index contributed by atoms with van der Waals surface area (Å²) >= 11 is 3.51. The minimum atomic E-state index is -0.136. The number of hydrogen-bond acceptors (Lipinski definition) is 2. The van der Waals surface area contributed by atoms with Crippen LogP contribution in [0.15, 0.2) is 33.7 Å².